The third kappa shape index (κ3) is 5.07. The molecular weight excluding hydrogens is 358 g/mol. The minimum atomic E-state index is 0.0390. The molecule has 1 aliphatic heterocycles. The fraction of sp³-hybridized carbons (Fsp3) is 0.450. The SMILES string of the molecule is CCNC(=NCc1csc(C(C)C)n1)NC1CC(=O)N(c2ccccc2)C1. The lowest BCUT2D eigenvalue weighted by Crippen LogP contribution is -2.44. The van der Waals surface area contributed by atoms with Gasteiger partial charge in [-0.05, 0) is 19.1 Å². The summed E-state index contributed by atoms with van der Waals surface area (Å²) in [4.78, 5) is 23.5. The Morgan fingerprint density at radius 3 is 2.81 bits per heavy atom. The van der Waals surface area contributed by atoms with E-state index in [0.717, 1.165) is 28.9 Å². The van der Waals surface area contributed by atoms with Crippen LogP contribution in [0.1, 0.15) is 43.8 Å². The van der Waals surface area contributed by atoms with Crippen LogP contribution in [-0.2, 0) is 11.3 Å². The van der Waals surface area contributed by atoms with Crippen molar-refractivity contribution >= 4 is 28.9 Å². The fourth-order valence-corrected chi connectivity index (χ4v) is 3.82. The normalized spacial score (nSPS) is 17.6. The quantitative estimate of drug-likeness (QED) is 0.592. The van der Waals surface area contributed by atoms with Crippen molar-refractivity contribution in [3.05, 3.63) is 46.4 Å². The Balaban J connectivity index is 1.63. The second kappa shape index (κ2) is 8.99. The van der Waals surface area contributed by atoms with Crippen LogP contribution < -0.4 is 15.5 Å². The van der Waals surface area contributed by atoms with E-state index in [0.29, 0.717) is 25.4 Å². The predicted octanol–water partition coefficient (Wildman–Crippen LogP) is 3.13. The Labute approximate surface area is 164 Å². The first kappa shape index (κ1) is 19.4. The molecule has 1 aliphatic rings. The Bertz CT molecular complexity index is 787. The van der Waals surface area contributed by atoms with E-state index in [9.17, 15) is 4.79 Å². The lowest BCUT2D eigenvalue weighted by Gasteiger charge is -2.18. The smallest absolute Gasteiger partial charge is 0.229 e. The molecule has 0 aliphatic carbocycles. The average Bonchev–Trinajstić information content (AvgIpc) is 3.27. The number of guanidine groups is 1. The number of para-hydroxylation sites is 1. The standard InChI is InChI=1S/C20H27N5OS/c1-4-21-20(22-11-16-13-27-19(23-16)14(2)3)24-15-10-18(26)25(12-15)17-8-6-5-7-9-17/h5-9,13-15H,4,10-12H2,1-3H3,(H2,21,22,24). The molecule has 1 unspecified atom stereocenters. The summed E-state index contributed by atoms with van der Waals surface area (Å²) >= 11 is 1.68. The van der Waals surface area contributed by atoms with Crippen molar-refractivity contribution in [1.82, 2.24) is 15.6 Å². The summed E-state index contributed by atoms with van der Waals surface area (Å²) < 4.78 is 0. The zero-order valence-corrected chi connectivity index (χ0v) is 16.9. The first-order valence-corrected chi connectivity index (χ1v) is 10.3. The van der Waals surface area contributed by atoms with Crippen molar-refractivity contribution in [2.75, 3.05) is 18.0 Å². The van der Waals surface area contributed by atoms with E-state index in [-0.39, 0.29) is 11.9 Å². The molecule has 1 saturated heterocycles. The van der Waals surface area contributed by atoms with E-state index in [2.05, 4.69) is 39.8 Å². The third-order valence-electron chi connectivity index (χ3n) is 4.34. The van der Waals surface area contributed by atoms with E-state index in [1.165, 1.54) is 0 Å². The van der Waals surface area contributed by atoms with Crippen LogP contribution in [0.5, 0.6) is 0 Å². The number of nitrogens with zero attached hydrogens (tertiary/aromatic N) is 3. The van der Waals surface area contributed by atoms with Gasteiger partial charge in [0.2, 0.25) is 5.91 Å². The van der Waals surface area contributed by atoms with Gasteiger partial charge in [-0.2, -0.15) is 0 Å². The lowest BCUT2D eigenvalue weighted by atomic mass is 10.2. The molecule has 1 amide bonds. The summed E-state index contributed by atoms with van der Waals surface area (Å²) in [7, 11) is 0. The van der Waals surface area contributed by atoms with Crippen molar-refractivity contribution < 1.29 is 4.79 Å². The first-order chi connectivity index (χ1) is 13.1. The number of aromatic nitrogens is 1. The van der Waals surface area contributed by atoms with Gasteiger partial charge in [0, 0.05) is 36.5 Å². The number of carbonyl (C=O) groups is 1. The van der Waals surface area contributed by atoms with Crippen LogP contribution >= 0.6 is 11.3 Å². The number of hydrogen-bond acceptors (Lipinski definition) is 4. The van der Waals surface area contributed by atoms with E-state index in [4.69, 9.17) is 0 Å². The Kier molecular flexibility index (Phi) is 6.45. The van der Waals surface area contributed by atoms with Crippen LogP contribution in [0.25, 0.3) is 0 Å². The highest BCUT2D eigenvalue weighted by Gasteiger charge is 2.31. The summed E-state index contributed by atoms with van der Waals surface area (Å²) in [6, 6.07) is 9.83. The van der Waals surface area contributed by atoms with Gasteiger partial charge in [-0.3, -0.25) is 4.79 Å². The summed E-state index contributed by atoms with van der Waals surface area (Å²) in [6.07, 6.45) is 0.466. The Morgan fingerprint density at radius 1 is 1.37 bits per heavy atom. The van der Waals surface area contributed by atoms with Crippen LogP contribution in [-0.4, -0.2) is 36.0 Å². The largest absolute Gasteiger partial charge is 0.357 e. The minimum absolute atomic E-state index is 0.0390. The number of benzene rings is 1. The third-order valence-corrected chi connectivity index (χ3v) is 5.53. The van der Waals surface area contributed by atoms with Gasteiger partial charge in [-0.25, -0.2) is 9.98 Å². The number of aliphatic imine (C=N–C) groups is 1. The maximum absolute atomic E-state index is 12.4. The van der Waals surface area contributed by atoms with Crippen LogP contribution in [0.3, 0.4) is 0 Å². The molecule has 27 heavy (non-hydrogen) atoms. The Morgan fingerprint density at radius 2 is 2.15 bits per heavy atom. The molecule has 144 valence electrons. The molecule has 2 N–H and O–H groups in total. The molecule has 6 nitrogen and oxygen atoms in total. The van der Waals surface area contributed by atoms with Crippen LogP contribution in [0.2, 0.25) is 0 Å². The summed E-state index contributed by atoms with van der Waals surface area (Å²) in [5, 5.41) is 9.87. The molecule has 2 aromatic rings. The van der Waals surface area contributed by atoms with Crippen molar-refractivity contribution in [3.8, 4) is 0 Å². The number of carbonyl (C=O) groups excluding carboxylic acids is 1. The number of nitrogens with one attached hydrogen (secondary N) is 2. The summed E-state index contributed by atoms with van der Waals surface area (Å²) in [5.74, 6) is 1.30. The number of rotatable bonds is 6. The zero-order chi connectivity index (χ0) is 19.2. The highest BCUT2D eigenvalue weighted by Crippen LogP contribution is 2.21. The van der Waals surface area contributed by atoms with Gasteiger partial charge in [0.25, 0.3) is 0 Å². The number of hydrogen-bond donors (Lipinski definition) is 2. The lowest BCUT2D eigenvalue weighted by molar-refractivity contribution is -0.117. The molecule has 3 rings (SSSR count). The highest BCUT2D eigenvalue weighted by atomic mass is 32.1. The summed E-state index contributed by atoms with van der Waals surface area (Å²) in [5.41, 5.74) is 1.92. The van der Waals surface area contributed by atoms with Crippen molar-refractivity contribution in [2.24, 2.45) is 4.99 Å². The second-order valence-corrected chi connectivity index (χ2v) is 7.80. The van der Waals surface area contributed by atoms with Crippen molar-refractivity contribution in [3.63, 3.8) is 0 Å². The molecule has 2 heterocycles. The highest BCUT2D eigenvalue weighted by molar-refractivity contribution is 7.09. The van der Waals surface area contributed by atoms with Crippen molar-refractivity contribution in [1.29, 1.82) is 0 Å². The van der Waals surface area contributed by atoms with E-state index < -0.39 is 0 Å². The van der Waals surface area contributed by atoms with Gasteiger partial charge in [-0.15, -0.1) is 11.3 Å². The van der Waals surface area contributed by atoms with Crippen LogP contribution in [0.4, 0.5) is 5.69 Å². The monoisotopic (exact) mass is 385 g/mol. The van der Waals surface area contributed by atoms with Crippen LogP contribution in [0, 0.1) is 0 Å². The van der Waals surface area contributed by atoms with Gasteiger partial charge in [0.05, 0.1) is 23.3 Å². The topological polar surface area (TPSA) is 69.6 Å². The molecule has 7 heteroatoms. The second-order valence-electron chi connectivity index (χ2n) is 6.91. The molecule has 1 atom stereocenters. The molecular formula is C20H27N5OS. The maximum Gasteiger partial charge on any atom is 0.229 e. The predicted molar refractivity (Wildman–Crippen MR) is 111 cm³/mol. The maximum atomic E-state index is 12.4. The molecule has 1 aromatic carbocycles. The summed E-state index contributed by atoms with van der Waals surface area (Å²) in [6.45, 7) is 8.26. The molecule has 0 radical (unpaired) electrons. The number of thiazole rings is 1. The van der Waals surface area contributed by atoms with E-state index in [1.807, 2.05) is 42.2 Å². The average molecular weight is 386 g/mol. The van der Waals surface area contributed by atoms with Crippen molar-refractivity contribution in [2.45, 2.75) is 45.7 Å². The molecule has 0 spiro atoms. The molecule has 1 fully saturated rings. The fourth-order valence-electron chi connectivity index (χ4n) is 3.00. The minimum Gasteiger partial charge on any atom is -0.357 e. The Hall–Kier alpha value is -2.41. The van der Waals surface area contributed by atoms with Gasteiger partial charge >= 0.3 is 0 Å². The molecule has 0 bridgehead atoms. The molecule has 1 aromatic heterocycles. The van der Waals surface area contributed by atoms with E-state index in [1.54, 1.807) is 11.3 Å². The zero-order valence-electron chi connectivity index (χ0n) is 16.1. The number of amides is 1. The van der Waals surface area contributed by atoms with Gasteiger partial charge in [-0.1, -0.05) is 32.0 Å². The molecule has 0 saturated carbocycles. The number of anilines is 1. The van der Waals surface area contributed by atoms with Gasteiger partial charge < -0.3 is 15.5 Å². The van der Waals surface area contributed by atoms with E-state index >= 15 is 0 Å². The van der Waals surface area contributed by atoms with Crippen LogP contribution in [0.15, 0.2) is 40.7 Å². The first-order valence-electron chi connectivity index (χ1n) is 9.41. The van der Waals surface area contributed by atoms with Gasteiger partial charge in [0.1, 0.15) is 0 Å². The van der Waals surface area contributed by atoms with Gasteiger partial charge in [0.15, 0.2) is 5.96 Å².